The third-order valence-corrected chi connectivity index (χ3v) is 5.57. The molecule has 10 heteroatoms. The molecular formula is C17H14Cl3N5OS. The molecule has 0 saturated heterocycles. The zero-order chi connectivity index (χ0) is 19.6. The third-order valence-electron chi connectivity index (χ3n) is 3.59. The average molecular weight is 443 g/mol. The highest BCUT2D eigenvalue weighted by atomic mass is 35.5. The maximum Gasteiger partial charge on any atom is 0.234 e. The van der Waals surface area contributed by atoms with Crippen molar-refractivity contribution in [2.45, 2.75) is 12.1 Å². The topological polar surface area (TPSA) is 85.8 Å². The summed E-state index contributed by atoms with van der Waals surface area (Å²) in [6, 6.07) is 10.7. The van der Waals surface area contributed by atoms with E-state index < -0.39 is 0 Å². The number of nitrogen functional groups attached to an aromatic ring is 1. The zero-order valence-electron chi connectivity index (χ0n) is 14.0. The predicted octanol–water partition coefficient (Wildman–Crippen LogP) is 4.66. The molecule has 0 atom stereocenters. The fraction of sp³-hybridized carbons (Fsp3) is 0.118. The van der Waals surface area contributed by atoms with E-state index in [1.54, 1.807) is 0 Å². The van der Waals surface area contributed by atoms with Gasteiger partial charge in [-0.3, -0.25) is 4.79 Å². The Morgan fingerprint density at radius 2 is 1.78 bits per heavy atom. The molecule has 140 valence electrons. The van der Waals surface area contributed by atoms with Gasteiger partial charge in [-0.2, -0.15) is 0 Å². The summed E-state index contributed by atoms with van der Waals surface area (Å²) in [5.74, 6) is 6.36. The number of carbonyl (C=O) groups is 1. The normalized spacial score (nSPS) is 10.8. The molecular weight excluding hydrogens is 429 g/mol. The van der Waals surface area contributed by atoms with Gasteiger partial charge < -0.3 is 11.2 Å². The van der Waals surface area contributed by atoms with Crippen LogP contribution in [0.2, 0.25) is 15.1 Å². The van der Waals surface area contributed by atoms with E-state index in [-0.39, 0.29) is 11.7 Å². The van der Waals surface area contributed by atoms with E-state index in [0.29, 0.717) is 31.7 Å². The number of hydrogen-bond acceptors (Lipinski definition) is 5. The number of amides is 1. The Hall–Kier alpha value is -1.93. The number of carbonyl (C=O) groups excluding carboxylic acids is 1. The summed E-state index contributed by atoms with van der Waals surface area (Å²) in [6.07, 6.45) is 0. The first-order chi connectivity index (χ1) is 12.8. The number of nitrogens with two attached hydrogens (primary N) is 1. The average Bonchev–Trinajstić information content (AvgIpc) is 2.99. The lowest BCUT2D eigenvalue weighted by Crippen LogP contribution is -2.16. The van der Waals surface area contributed by atoms with Crippen LogP contribution < -0.4 is 11.2 Å². The molecule has 1 heterocycles. The van der Waals surface area contributed by atoms with Crippen molar-refractivity contribution in [3.63, 3.8) is 0 Å². The van der Waals surface area contributed by atoms with Gasteiger partial charge >= 0.3 is 0 Å². The first kappa shape index (κ1) is 19.8. The smallest absolute Gasteiger partial charge is 0.234 e. The number of benzene rings is 2. The molecule has 0 aliphatic carbocycles. The van der Waals surface area contributed by atoms with Crippen LogP contribution in [0, 0.1) is 6.92 Å². The molecule has 0 unspecified atom stereocenters. The molecule has 0 spiro atoms. The fourth-order valence-electron chi connectivity index (χ4n) is 2.21. The standard InChI is InChI=1S/C17H14Cl3N5OS/c1-9-2-4-10(5-3-9)16-23-24-17(25(16)21)27-8-15(26)22-14-7-12(19)11(18)6-13(14)20/h2-7H,8,21H2,1H3,(H,22,26). The van der Waals surface area contributed by atoms with Crippen LogP contribution in [0.15, 0.2) is 41.6 Å². The number of hydrogen-bond donors (Lipinski definition) is 2. The van der Waals surface area contributed by atoms with Crippen LogP contribution in [0.3, 0.4) is 0 Å². The Balaban J connectivity index is 1.66. The van der Waals surface area contributed by atoms with E-state index in [4.69, 9.17) is 40.6 Å². The number of anilines is 1. The lowest BCUT2D eigenvalue weighted by Gasteiger charge is -2.08. The van der Waals surface area contributed by atoms with Crippen LogP contribution in [0.4, 0.5) is 5.69 Å². The van der Waals surface area contributed by atoms with Crippen molar-refractivity contribution in [3.05, 3.63) is 57.0 Å². The van der Waals surface area contributed by atoms with Crippen LogP contribution in [-0.4, -0.2) is 26.5 Å². The van der Waals surface area contributed by atoms with Gasteiger partial charge in [-0.15, -0.1) is 10.2 Å². The van der Waals surface area contributed by atoms with Gasteiger partial charge in [-0.05, 0) is 19.1 Å². The zero-order valence-corrected chi connectivity index (χ0v) is 17.1. The van der Waals surface area contributed by atoms with Gasteiger partial charge in [0.2, 0.25) is 11.1 Å². The lowest BCUT2D eigenvalue weighted by molar-refractivity contribution is -0.113. The summed E-state index contributed by atoms with van der Waals surface area (Å²) in [6.45, 7) is 2.00. The monoisotopic (exact) mass is 441 g/mol. The maximum atomic E-state index is 12.2. The lowest BCUT2D eigenvalue weighted by atomic mass is 10.1. The van der Waals surface area contributed by atoms with Gasteiger partial charge in [0.25, 0.3) is 0 Å². The number of aromatic nitrogens is 3. The summed E-state index contributed by atoms with van der Waals surface area (Å²) in [5, 5.41) is 12.1. The van der Waals surface area contributed by atoms with Crippen LogP contribution in [0.25, 0.3) is 11.4 Å². The fourth-order valence-corrected chi connectivity index (χ4v) is 3.46. The van der Waals surface area contributed by atoms with Gasteiger partial charge in [-0.25, -0.2) is 4.68 Å². The van der Waals surface area contributed by atoms with E-state index in [2.05, 4.69) is 15.5 Å². The molecule has 0 saturated carbocycles. The molecule has 0 aliphatic rings. The molecule has 0 radical (unpaired) electrons. The molecule has 0 aliphatic heterocycles. The largest absolute Gasteiger partial charge is 0.335 e. The highest BCUT2D eigenvalue weighted by Crippen LogP contribution is 2.32. The summed E-state index contributed by atoms with van der Waals surface area (Å²) in [4.78, 5) is 12.2. The molecule has 6 nitrogen and oxygen atoms in total. The summed E-state index contributed by atoms with van der Waals surface area (Å²) < 4.78 is 1.36. The number of nitrogens with one attached hydrogen (secondary N) is 1. The Kier molecular flexibility index (Phi) is 6.16. The van der Waals surface area contributed by atoms with E-state index in [0.717, 1.165) is 22.9 Å². The second-order valence-corrected chi connectivity index (χ2v) is 7.79. The van der Waals surface area contributed by atoms with E-state index in [1.807, 2.05) is 31.2 Å². The van der Waals surface area contributed by atoms with Crippen LogP contribution in [0.1, 0.15) is 5.56 Å². The summed E-state index contributed by atoms with van der Waals surface area (Å²) >= 11 is 19.0. The van der Waals surface area contributed by atoms with Crippen molar-refractivity contribution in [2.24, 2.45) is 0 Å². The maximum absolute atomic E-state index is 12.2. The molecule has 2 aromatic carbocycles. The van der Waals surface area contributed by atoms with Crippen molar-refractivity contribution in [2.75, 3.05) is 16.9 Å². The van der Waals surface area contributed by atoms with Crippen LogP contribution >= 0.6 is 46.6 Å². The molecule has 1 amide bonds. The Bertz CT molecular complexity index is 991. The highest BCUT2D eigenvalue weighted by Gasteiger charge is 2.15. The Morgan fingerprint density at radius 3 is 2.48 bits per heavy atom. The molecule has 1 aromatic heterocycles. The van der Waals surface area contributed by atoms with Gasteiger partial charge in [0, 0.05) is 5.56 Å². The van der Waals surface area contributed by atoms with Crippen molar-refractivity contribution in [1.29, 1.82) is 0 Å². The van der Waals surface area contributed by atoms with Crippen molar-refractivity contribution in [1.82, 2.24) is 14.9 Å². The molecule has 3 rings (SSSR count). The van der Waals surface area contributed by atoms with Crippen molar-refractivity contribution in [3.8, 4) is 11.4 Å². The van der Waals surface area contributed by atoms with E-state index >= 15 is 0 Å². The number of thioether (sulfide) groups is 1. The molecule has 27 heavy (non-hydrogen) atoms. The number of rotatable bonds is 5. The SMILES string of the molecule is Cc1ccc(-c2nnc(SCC(=O)Nc3cc(Cl)c(Cl)cc3Cl)n2N)cc1. The second-order valence-electron chi connectivity index (χ2n) is 5.63. The Labute approximate surface area is 175 Å². The third kappa shape index (κ3) is 4.68. The molecule has 3 aromatic rings. The molecule has 3 N–H and O–H groups in total. The molecule has 0 fully saturated rings. The second kappa shape index (κ2) is 8.39. The first-order valence-electron chi connectivity index (χ1n) is 7.70. The van der Waals surface area contributed by atoms with Gasteiger partial charge in [0.1, 0.15) is 0 Å². The van der Waals surface area contributed by atoms with Gasteiger partial charge in [0.05, 0.1) is 26.5 Å². The predicted molar refractivity (Wildman–Crippen MR) is 111 cm³/mol. The minimum Gasteiger partial charge on any atom is -0.335 e. The van der Waals surface area contributed by atoms with Crippen LogP contribution in [0.5, 0.6) is 0 Å². The van der Waals surface area contributed by atoms with Crippen molar-refractivity contribution < 1.29 is 4.79 Å². The minimum absolute atomic E-state index is 0.0693. The number of nitrogens with zero attached hydrogens (tertiary/aromatic N) is 3. The van der Waals surface area contributed by atoms with E-state index in [9.17, 15) is 4.79 Å². The number of aryl methyl sites for hydroxylation is 1. The quantitative estimate of drug-likeness (QED) is 0.341. The highest BCUT2D eigenvalue weighted by molar-refractivity contribution is 7.99. The first-order valence-corrected chi connectivity index (χ1v) is 9.82. The van der Waals surface area contributed by atoms with Crippen LogP contribution in [-0.2, 0) is 4.79 Å². The molecule has 0 bridgehead atoms. The number of halogens is 3. The van der Waals surface area contributed by atoms with E-state index in [1.165, 1.54) is 16.8 Å². The van der Waals surface area contributed by atoms with Gasteiger partial charge in [-0.1, -0.05) is 76.4 Å². The van der Waals surface area contributed by atoms with Gasteiger partial charge in [0.15, 0.2) is 5.82 Å². The minimum atomic E-state index is -0.292. The van der Waals surface area contributed by atoms with Crippen molar-refractivity contribution >= 4 is 58.2 Å². The summed E-state index contributed by atoms with van der Waals surface area (Å²) in [7, 11) is 0. The Morgan fingerprint density at radius 1 is 1.11 bits per heavy atom. The summed E-state index contributed by atoms with van der Waals surface area (Å²) in [5.41, 5.74) is 2.36.